The second kappa shape index (κ2) is 1.96. The van der Waals surface area contributed by atoms with E-state index in [0.717, 1.165) is 19.8 Å². The molecule has 9 heavy (non-hydrogen) atoms. The first-order chi connectivity index (χ1) is 4.41. The molecule has 0 aromatic rings. The summed E-state index contributed by atoms with van der Waals surface area (Å²) < 4.78 is 5.33. The van der Waals surface area contributed by atoms with Gasteiger partial charge in [0.2, 0.25) is 0 Å². The fraction of sp³-hybridized carbons (Fsp3) is 1.00. The summed E-state index contributed by atoms with van der Waals surface area (Å²) in [5, 5.41) is 4.54. The third kappa shape index (κ3) is 0.864. The Morgan fingerprint density at radius 2 is 2.22 bits per heavy atom. The molecule has 0 amide bonds. The van der Waals surface area contributed by atoms with E-state index >= 15 is 0 Å². The van der Waals surface area contributed by atoms with E-state index in [9.17, 15) is 0 Å². The molecule has 0 atom stereocenters. The molecule has 2 fully saturated rings. The zero-order valence-electron chi connectivity index (χ0n) is 5.60. The molecule has 1 heterocycles. The highest BCUT2D eigenvalue weighted by Gasteiger charge is 2.39. The van der Waals surface area contributed by atoms with Crippen LogP contribution < -0.4 is 5.32 Å². The summed E-state index contributed by atoms with van der Waals surface area (Å²) in [6, 6.07) is 0. The van der Waals surface area contributed by atoms with E-state index in [4.69, 9.17) is 4.74 Å². The predicted octanol–water partition coefficient (Wildman–Crippen LogP) is 0.544. The molecule has 1 radical (unpaired) electrons. The van der Waals surface area contributed by atoms with Crippen LogP contribution in [0.15, 0.2) is 0 Å². The van der Waals surface area contributed by atoms with Gasteiger partial charge < -0.3 is 4.74 Å². The summed E-state index contributed by atoms with van der Waals surface area (Å²) in [5.41, 5.74) is 0.304. The molecule has 0 aromatic carbocycles. The molecule has 1 spiro atoms. The molecule has 1 saturated carbocycles. The Balaban J connectivity index is 1.93. The highest BCUT2D eigenvalue weighted by molar-refractivity contribution is 4.96. The molecule has 2 heteroatoms. The first-order valence-corrected chi connectivity index (χ1v) is 3.68. The molecule has 0 N–H and O–H groups in total. The summed E-state index contributed by atoms with van der Waals surface area (Å²) in [5.74, 6) is 0. The van der Waals surface area contributed by atoms with Crippen molar-refractivity contribution in [1.82, 2.24) is 5.32 Å². The van der Waals surface area contributed by atoms with Gasteiger partial charge in [0, 0.05) is 6.54 Å². The molecule has 1 aliphatic carbocycles. The van der Waals surface area contributed by atoms with E-state index in [1.807, 2.05) is 0 Å². The zero-order valence-corrected chi connectivity index (χ0v) is 5.60. The van der Waals surface area contributed by atoms with Gasteiger partial charge in [0.15, 0.2) is 0 Å². The van der Waals surface area contributed by atoms with Crippen LogP contribution in [-0.2, 0) is 4.74 Å². The Bertz CT molecular complexity index is 101. The van der Waals surface area contributed by atoms with Gasteiger partial charge in [0.1, 0.15) is 0 Å². The van der Waals surface area contributed by atoms with Crippen LogP contribution in [0, 0.1) is 0 Å². The van der Waals surface area contributed by atoms with E-state index in [1.54, 1.807) is 0 Å². The highest BCUT2D eigenvalue weighted by Crippen LogP contribution is 2.34. The first kappa shape index (κ1) is 5.69. The average Bonchev–Trinajstić information content (AvgIpc) is 1.87. The molecule has 1 saturated heterocycles. The monoisotopic (exact) mass is 126 g/mol. The predicted molar refractivity (Wildman–Crippen MR) is 34.4 cm³/mol. The second-order valence-electron chi connectivity index (χ2n) is 3.01. The van der Waals surface area contributed by atoms with Crippen molar-refractivity contribution in [3.63, 3.8) is 0 Å². The van der Waals surface area contributed by atoms with Crippen molar-refractivity contribution >= 4 is 0 Å². The van der Waals surface area contributed by atoms with Gasteiger partial charge in [0.05, 0.1) is 18.8 Å². The van der Waals surface area contributed by atoms with Crippen LogP contribution in [0.1, 0.15) is 19.3 Å². The van der Waals surface area contributed by atoms with Gasteiger partial charge in [-0.25, -0.2) is 5.32 Å². The quantitative estimate of drug-likeness (QED) is 0.464. The lowest BCUT2D eigenvalue weighted by Crippen LogP contribution is -2.54. The van der Waals surface area contributed by atoms with Crippen LogP contribution in [-0.4, -0.2) is 25.3 Å². The summed E-state index contributed by atoms with van der Waals surface area (Å²) in [6.07, 6.45) is 3.90. The van der Waals surface area contributed by atoms with E-state index in [0.29, 0.717) is 5.54 Å². The molecule has 2 rings (SSSR count). The fourth-order valence-electron chi connectivity index (χ4n) is 1.54. The largest absolute Gasteiger partial charge is 0.378 e. The van der Waals surface area contributed by atoms with Crippen molar-refractivity contribution in [3.8, 4) is 0 Å². The van der Waals surface area contributed by atoms with Crippen LogP contribution in [0.5, 0.6) is 0 Å². The van der Waals surface area contributed by atoms with Gasteiger partial charge >= 0.3 is 0 Å². The lowest BCUT2D eigenvalue weighted by molar-refractivity contribution is -0.0137. The van der Waals surface area contributed by atoms with Gasteiger partial charge in [-0.1, -0.05) is 0 Å². The number of nitrogens with zero attached hydrogens (tertiary/aromatic N) is 1. The Labute approximate surface area is 55.6 Å². The van der Waals surface area contributed by atoms with Crippen LogP contribution >= 0.6 is 0 Å². The summed E-state index contributed by atoms with van der Waals surface area (Å²) in [6.45, 7) is 2.68. The fourth-order valence-corrected chi connectivity index (χ4v) is 1.54. The minimum Gasteiger partial charge on any atom is -0.378 e. The average molecular weight is 126 g/mol. The van der Waals surface area contributed by atoms with E-state index in [-0.39, 0.29) is 0 Å². The topological polar surface area (TPSA) is 23.3 Å². The maximum atomic E-state index is 5.33. The highest BCUT2D eigenvalue weighted by atomic mass is 16.5. The maximum absolute atomic E-state index is 5.33. The van der Waals surface area contributed by atoms with Crippen LogP contribution in [0.3, 0.4) is 0 Å². The molecule has 2 nitrogen and oxygen atoms in total. The standard InChI is InChI=1S/C7H12NO/c1-2-7(3-1)6-9-5-4-8-7/h1-6H2. The molecular weight excluding hydrogens is 114 g/mol. The Morgan fingerprint density at radius 3 is 2.56 bits per heavy atom. The van der Waals surface area contributed by atoms with Crippen molar-refractivity contribution in [2.45, 2.75) is 24.8 Å². The van der Waals surface area contributed by atoms with Crippen LogP contribution in [0.4, 0.5) is 0 Å². The van der Waals surface area contributed by atoms with Crippen LogP contribution in [0.2, 0.25) is 0 Å². The summed E-state index contributed by atoms with van der Waals surface area (Å²) in [7, 11) is 0. The lowest BCUT2D eigenvalue weighted by Gasteiger charge is -2.43. The van der Waals surface area contributed by atoms with E-state index in [1.165, 1.54) is 19.3 Å². The number of hydrogen-bond donors (Lipinski definition) is 0. The number of morpholine rings is 1. The van der Waals surface area contributed by atoms with Crippen molar-refractivity contribution in [1.29, 1.82) is 0 Å². The van der Waals surface area contributed by atoms with Gasteiger partial charge in [-0.05, 0) is 19.3 Å². The summed E-state index contributed by atoms with van der Waals surface area (Å²) >= 11 is 0. The maximum Gasteiger partial charge on any atom is 0.0664 e. The third-order valence-corrected chi connectivity index (χ3v) is 2.34. The molecule has 0 unspecified atom stereocenters. The molecule has 1 aliphatic heterocycles. The third-order valence-electron chi connectivity index (χ3n) is 2.34. The smallest absolute Gasteiger partial charge is 0.0664 e. The lowest BCUT2D eigenvalue weighted by atomic mass is 9.77. The van der Waals surface area contributed by atoms with E-state index < -0.39 is 0 Å². The SMILES string of the molecule is C1CC2(C1)COCC[N]2. The number of rotatable bonds is 0. The van der Waals surface area contributed by atoms with Gasteiger partial charge in [-0.3, -0.25) is 0 Å². The normalized spacial score (nSPS) is 32.0. The van der Waals surface area contributed by atoms with Crippen molar-refractivity contribution in [2.24, 2.45) is 0 Å². The molecule has 51 valence electrons. The number of ether oxygens (including phenoxy) is 1. The summed E-state index contributed by atoms with van der Waals surface area (Å²) in [4.78, 5) is 0. The minimum atomic E-state index is 0.304. The van der Waals surface area contributed by atoms with Crippen LogP contribution in [0.25, 0.3) is 0 Å². The van der Waals surface area contributed by atoms with Gasteiger partial charge in [-0.15, -0.1) is 0 Å². The Hall–Kier alpha value is -0.0800. The minimum absolute atomic E-state index is 0.304. The Morgan fingerprint density at radius 1 is 1.33 bits per heavy atom. The van der Waals surface area contributed by atoms with Gasteiger partial charge in [0.25, 0.3) is 0 Å². The zero-order chi connectivity index (χ0) is 6.16. The molecular formula is C7H12NO. The Kier molecular flexibility index (Phi) is 1.24. The second-order valence-corrected chi connectivity index (χ2v) is 3.01. The molecule has 2 aliphatic rings. The first-order valence-electron chi connectivity index (χ1n) is 3.68. The molecule has 0 bridgehead atoms. The van der Waals surface area contributed by atoms with Gasteiger partial charge in [-0.2, -0.15) is 0 Å². The van der Waals surface area contributed by atoms with Crippen molar-refractivity contribution in [3.05, 3.63) is 0 Å². The van der Waals surface area contributed by atoms with Crippen molar-refractivity contribution in [2.75, 3.05) is 19.8 Å². The van der Waals surface area contributed by atoms with E-state index in [2.05, 4.69) is 5.32 Å². The molecule has 0 aromatic heterocycles. The van der Waals surface area contributed by atoms with Crippen molar-refractivity contribution < 1.29 is 4.74 Å². The number of hydrogen-bond acceptors (Lipinski definition) is 1.